The molecule has 92 valence electrons. The lowest BCUT2D eigenvalue weighted by Crippen LogP contribution is -2.26. The second kappa shape index (κ2) is 4.70. The maximum absolute atomic E-state index is 11.8. The fourth-order valence-electron chi connectivity index (χ4n) is 1.40. The number of rotatable bonds is 2. The van der Waals surface area contributed by atoms with Crippen LogP contribution in [0.4, 0.5) is 5.69 Å². The first-order chi connectivity index (χ1) is 8.56. The third-order valence-electron chi connectivity index (χ3n) is 2.38. The zero-order valence-electron chi connectivity index (χ0n) is 9.61. The van der Waals surface area contributed by atoms with Crippen LogP contribution in [0.3, 0.4) is 0 Å². The molecule has 0 saturated heterocycles. The number of H-pyrrole nitrogens is 2. The monoisotopic (exact) mass is 245 g/mol. The lowest BCUT2D eigenvalue weighted by molar-refractivity contribution is 0.102. The number of aromatic amines is 2. The quantitative estimate of drug-likeness (QED) is 0.724. The van der Waals surface area contributed by atoms with E-state index in [0.29, 0.717) is 5.56 Å². The molecule has 6 nitrogen and oxygen atoms in total. The van der Waals surface area contributed by atoms with Gasteiger partial charge in [-0.05, 0) is 19.1 Å². The third-order valence-corrected chi connectivity index (χ3v) is 2.38. The molecule has 3 N–H and O–H groups in total. The van der Waals surface area contributed by atoms with Crippen LogP contribution in [-0.4, -0.2) is 15.9 Å². The van der Waals surface area contributed by atoms with Crippen LogP contribution in [0.5, 0.6) is 0 Å². The molecule has 1 aromatic carbocycles. The van der Waals surface area contributed by atoms with Crippen molar-refractivity contribution in [2.24, 2.45) is 0 Å². The summed E-state index contributed by atoms with van der Waals surface area (Å²) < 4.78 is 0. The smallest absolute Gasteiger partial charge is 0.316 e. The van der Waals surface area contributed by atoms with Crippen molar-refractivity contribution in [2.45, 2.75) is 6.92 Å². The van der Waals surface area contributed by atoms with Crippen LogP contribution < -0.4 is 16.6 Å². The van der Waals surface area contributed by atoms with Gasteiger partial charge in [-0.15, -0.1) is 0 Å². The van der Waals surface area contributed by atoms with Gasteiger partial charge in [-0.2, -0.15) is 0 Å². The van der Waals surface area contributed by atoms with Crippen molar-refractivity contribution in [3.05, 3.63) is 62.4 Å². The summed E-state index contributed by atoms with van der Waals surface area (Å²) in [5.41, 5.74) is 0.215. The highest BCUT2D eigenvalue weighted by atomic mass is 16.2. The molecule has 1 heterocycles. The molecule has 0 bridgehead atoms. The summed E-state index contributed by atoms with van der Waals surface area (Å²) in [6.45, 7) is 1.91. The molecule has 2 rings (SSSR count). The minimum Gasteiger partial charge on any atom is -0.316 e. The van der Waals surface area contributed by atoms with Gasteiger partial charge in [0.25, 0.3) is 11.5 Å². The number of aromatic nitrogens is 2. The molecular weight excluding hydrogens is 234 g/mol. The van der Waals surface area contributed by atoms with E-state index in [1.807, 2.05) is 11.9 Å². The Morgan fingerprint density at radius 2 is 1.83 bits per heavy atom. The standard InChI is InChI=1S/C12H11N3O3/c1-7-2-4-8(5-3-7)10(16)14-9-6-13-12(18)15-11(9)17/h2-6H,1H3,(H,14,16)(H2,13,15,17,18). The maximum atomic E-state index is 11.8. The number of amides is 1. The predicted molar refractivity (Wildman–Crippen MR) is 66.8 cm³/mol. The van der Waals surface area contributed by atoms with Crippen LogP contribution >= 0.6 is 0 Å². The first-order valence-electron chi connectivity index (χ1n) is 5.26. The molecule has 0 aliphatic carbocycles. The number of anilines is 1. The van der Waals surface area contributed by atoms with E-state index in [0.717, 1.165) is 11.8 Å². The Morgan fingerprint density at radius 3 is 2.44 bits per heavy atom. The Hall–Kier alpha value is -2.63. The van der Waals surface area contributed by atoms with Gasteiger partial charge in [0.2, 0.25) is 0 Å². The van der Waals surface area contributed by atoms with Crippen LogP contribution in [0.1, 0.15) is 15.9 Å². The summed E-state index contributed by atoms with van der Waals surface area (Å²) in [6, 6.07) is 6.91. The molecule has 2 aromatic rings. The Bertz CT molecular complexity index is 683. The van der Waals surface area contributed by atoms with Gasteiger partial charge in [-0.3, -0.25) is 14.6 Å². The summed E-state index contributed by atoms with van der Waals surface area (Å²) >= 11 is 0. The van der Waals surface area contributed by atoms with Gasteiger partial charge in [0, 0.05) is 11.8 Å². The Morgan fingerprint density at radius 1 is 1.17 bits per heavy atom. The number of aryl methyl sites for hydroxylation is 1. The van der Waals surface area contributed by atoms with Gasteiger partial charge in [0.05, 0.1) is 0 Å². The van der Waals surface area contributed by atoms with Crippen LogP contribution in [0.25, 0.3) is 0 Å². The molecule has 1 amide bonds. The normalized spacial score (nSPS) is 10.1. The molecule has 0 spiro atoms. The molecule has 0 aliphatic rings. The maximum Gasteiger partial charge on any atom is 0.325 e. The topological polar surface area (TPSA) is 94.8 Å². The van der Waals surface area contributed by atoms with Crippen molar-refractivity contribution < 1.29 is 4.79 Å². The average Bonchev–Trinajstić information content (AvgIpc) is 2.33. The highest BCUT2D eigenvalue weighted by Crippen LogP contribution is 2.05. The van der Waals surface area contributed by atoms with Crippen molar-refractivity contribution in [3.8, 4) is 0 Å². The molecule has 0 saturated carbocycles. The van der Waals surface area contributed by atoms with E-state index in [9.17, 15) is 14.4 Å². The Balaban J connectivity index is 2.24. The Kier molecular flexibility index (Phi) is 3.09. The summed E-state index contributed by atoms with van der Waals surface area (Å²) in [7, 11) is 0. The predicted octanol–water partition coefficient (Wildman–Crippen LogP) is 0.624. The fourth-order valence-corrected chi connectivity index (χ4v) is 1.40. The van der Waals surface area contributed by atoms with E-state index < -0.39 is 17.2 Å². The van der Waals surface area contributed by atoms with Gasteiger partial charge in [0.15, 0.2) is 0 Å². The van der Waals surface area contributed by atoms with E-state index in [1.54, 1.807) is 24.3 Å². The van der Waals surface area contributed by atoms with E-state index in [1.165, 1.54) is 0 Å². The second-order valence-electron chi connectivity index (χ2n) is 3.81. The molecule has 18 heavy (non-hydrogen) atoms. The van der Waals surface area contributed by atoms with Crippen LogP contribution in [0.15, 0.2) is 40.1 Å². The summed E-state index contributed by atoms with van der Waals surface area (Å²) in [5, 5.41) is 2.42. The van der Waals surface area contributed by atoms with Gasteiger partial charge in [-0.1, -0.05) is 17.7 Å². The van der Waals surface area contributed by atoms with Gasteiger partial charge in [0.1, 0.15) is 5.69 Å². The lowest BCUT2D eigenvalue weighted by atomic mass is 10.1. The molecule has 0 atom stereocenters. The molecule has 0 radical (unpaired) electrons. The van der Waals surface area contributed by atoms with Crippen molar-refractivity contribution in [1.29, 1.82) is 0 Å². The van der Waals surface area contributed by atoms with Crippen LogP contribution in [-0.2, 0) is 0 Å². The molecule has 6 heteroatoms. The number of hydrogen-bond acceptors (Lipinski definition) is 3. The van der Waals surface area contributed by atoms with Crippen molar-refractivity contribution in [3.63, 3.8) is 0 Å². The highest BCUT2D eigenvalue weighted by molar-refractivity contribution is 6.04. The number of nitrogens with one attached hydrogen (secondary N) is 3. The van der Waals surface area contributed by atoms with Crippen molar-refractivity contribution >= 4 is 11.6 Å². The minimum absolute atomic E-state index is 0.000162. The number of benzene rings is 1. The summed E-state index contributed by atoms with van der Waals surface area (Å²) in [6.07, 6.45) is 1.16. The largest absolute Gasteiger partial charge is 0.325 e. The van der Waals surface area contributed by atoms with Crippen molar-refractivity contribution in [1.82, 2.24) is 9.97 Å². The third kappa shape index (κ3) is 2.54. The molecule has 1 aromatic heterocycles. The number of hydrogen-bond donors (Lipinski definition) is 3. The SMILES string of the molecule is Cc1ccc(C(=O)Nc2c[nH]c(=O)[nH]c2=O)cc1. The van der Waals surface area contributed by atoms with Gasteiger partial charge in [-0.25, -0.2) is 4.79 Å². The molecular formula is C12H11N3O3. The highest BCUT2D eigenvalue weighted by Gasteiger charge is 2.08. The van der Waals surface area contributed by atoms with Crippen LogP contribution in [0, 0.1) is 6.92 Å². The first-order valence-corrected chi connectivity index (χ1v) is 5.26. The van der Waals surface area contributed by atoms with E-state index in [-0.39, 0.29) is 5.69 Å². The minimum atomic E-state index is -0.640. The van der Waals surface area contributed by atoms with Crippen LogP contribution in [0.2, 0.25) is 0 Å². The molecule has 0 unspecified atom stereocenters. The molecule has 0 aliphatic heterocycles. The average molecular weight is 245 g/mol. The number of carbonyl (C=O) groups excluding carboxylic acids is 1. The van der Waals surface area contributed by atoms with E-state index in [4.69, 9.17) is 0 Å². The second-order valence-corrected chi connectivity index (χ2v) is 3.81. The van der Waals surface area contributed by atoms with E-state index in [2.05, 4.69) is 10.3 Å². The summed E-state index contributed by atoms with van der Waals surface area (Å²) in [5.74, 6) is -0.410. The van der Waals surface area contributed by atoms with E-state index >= 15 is 0 Å². The van der Waals surface area contributed by atoms with Gasteiger partial charge < -0.3 is 10.3 Å². The first kappa shape index (κ1) is 11.8. The lowest BCUT2D eigenvalue weighted by Gasteiger charge is -2.03. The van der Waals surface area contributed by atoms with Gasteiger partial charge >= 0.3 is 5.69 Å². The fraction of sp³-hybridized carbons (Fsp3) is 0.0833. The zero-order valence-corrected chi connectivity index (χ0v) is 9.61. The van der Waals surface area contributed by atoms with Crippen molar-refractivity contribution in [2.75, 3.05) is 5.32 Å². The number of carbonyl (C=O) groups is 1. The summed E-state index contributed by atoms with van der Waals surface area (Å²) in [4.78, 5) is 38.3. The Labute approximate surface area is 102 Å². The molecule has 0 fully saturated rings. The zero-order chi connectivity index (χ0) is 13.1.